The number of nitrogens with one attached hydrogen (secondary N) is 2. The Morgan fingerprint density at radius 3 is 1.50 bits per heavy atom. The van der Waals surface area contributed by atoms with Gasteiger partial charge in [0.2, 0.25) is 0 Å². The molecule has 0 unspecified atom stereocenters. The van der Waals surface area contributed by atoms with E-state index in [0.717, 1.165) is 11.1 Å². The summed E-state index contributed by atoms with van der Waals surface area (Å²) in [7, 11) is 3.13. The van der Waals surface area contributed by atoms with E-state index in [1.165, 1.54) is 7.11 Å². The lowest BCUT2D eigenvalue weighted by atomic mass is 9.91. The molecule has 0 aliphatic rings. The molecule has 2 amide bonds. The second kappa shape index (κ2) is 14.7. The Morgan fingerprint density at radius 2 is 1.18 bits per heavy atom. The van der Waals surface area contributed by atoms with Gasteiger partial charge in [-0.25, -0.2) is 9.59 Å². The molecule has 0 saturated heterocycles. The number of hydrogen-bond donors (Lipinski definition) is 2. The number of benzene rings is 2. The zero-order valence-corrected chi connectivity index (χ0v) is 28.2. The van der Waals surface area contributed by atoms with Crippen molar-refractivity contribution in [2.24, 2.45) is 0 Å². The average Bonchev–Trinajstić information content (AvgIpc) is 2.84. The van der Waals surface area contributed by atoms with E-state index in [4.69, 9.17) is 18.9 Å². The van der Waals surface area contributed by atoms with Crippen LogP contribution in [0, 0.1) is 19.7 Å². The molecule has 0 spiro atoms. The first-order valence-corrected chi connectivity index (χ1v) is 14.5. The van der Waals surface area contributed by atoms with Crippen molar-refractivity contribution in [1.82, 2.24) is 10.6 Å². The van der Waals surface area contributed by atoms with Gasteiger partial charge in [0.05, 0.1) is 14.2 Å². The molecular weight excluding hydrogens is 738 g/mol. The number of amides is 2. The predicted octanol–water partition coefficient (Wildman–Crippen LogP) is 6.91. The summed E-state index contributed by atoms with van der Waals surface area (Å²) in [6.07, 6.45) is -1.13. The van der Waals surface area contributed by atoms with Gasteiger partial charge in [0.1, 0.15) is 22.7 Å². The maximum atomic E-state index is 12.5. The minimum atomic E-state index is -0.651. The molecule has 2 aromatic rings. The Morgan fingerprint density at radius 1 is 0.750 bits per heavy atom. The van der Waals surface area contributed by atoms with E-state index in [1.807, 2.05) is 69.4 Å². The largest absolute Gasteiger partial charge is 0.497 e. The van der Waals surface area contributed by atoms with E-state index < -0.39 is 23.4 Å². The van der Waals surface area contributed by atoms with Gasteiger partial charge in [0, 0.05) is 86.1 Å². The van der Waals surface area contributed by atoms with Crippen molar-refractivity contribution in [3.05, 3.63) is 46.5 Å². The Hall–Kier alpha value is -2.84. The topological polar surface area (TPSA) is 95.1 Å². The summed E-state index contributed by atoms with van der Waals surface area (Å²) in [6, 6.07) is 7.51. The van der Waals surface area contributed by atoms with Crippen LogP contribution in [0.1, 0.15) is 63.8 Å². The standard InChI is InChI=1S/C30H34I2N2O6/c1-29(2,3)39-27(35)33-17-22-13-21(14-23(26(22)38-8)18-34-28(36)40-30(4,5)6)25-19(9-11-31)15-24(37-7)16-20(25)10-12-32/h13-16H,17-18H2,1-8H3,(H,33,35)(H,34,36). The van der Waals surface area contributed by atoms with Gasteiger partial charge >= 0.3 is 12.2 Å². The quantitative estimate of drug-likeness (QED) is 0.235. The van der Waals surface area contributed by atoms with Gasteiger partial charge in [0.25, 0.3) is 0 Å². The SMILES string of the molecule is COc1cc(C#CI)c(-c2cc(CNC(=O)OC(C)(C)C)c(OC)c(CNC(=O)OC(C)(C)C)c2)c(C#CI)c1. The van der Waals surface area contributed by atoms with E-state index in [9.17, 15) is 9.59 Å². The molecule has 8 nitrogen and oxygen atoms in total. The minimum absolute atomic E-state index is 0.113. The molecule has 2 N–H and O–H groups in total. The molecular formula is C30H34I2N2O6. The zero-order valence-electron chi connectivity index (χ0n) is 23.9. The van der Waals surface area contributed by atoms with Crippen molar-refractivity contribution in [2.75, 3.05) is 14.2 Å². The number of methoxy groups -OCH3 is 2. The number of hydrogen-bond acceptors (Lipinski definition) is 6. The molecule has 0 saturated carbocycles. The van der Waals surface area contributed by atoms with Crippen LogP contribution in [-0.4, -0.2) is 37.6 Å². The summed E-state index contributed by atoms with van der Waals surface area (Å²) in [5, 5.41) is 5.60. The van der Waals surface area contributed by atoms with Crippen LogP contribution in [0.15, 0.2) is 24.3 Å². The van der Waals surface area contributed by atoms with Crippen LogP contribution in [0.4, 0.5) is 9.59 Å². The third-order valence-corrected chi connectivity index (χ3v) is 5.63. The van der Waals surface area contributed by atoms with Crippen molar-refractivity contribution in [3.8, 4) is 42.3 Å². The summed E-state index contributed by atoms with van der Waals surface area (Å²) in [6.45, 7) is 11.0. The van der Waals surface area contributed by atoms with Gasteiger partial charge in [0.15, 0.2) is 0 Å². The Balaban J connectivity index is 2.72. The van der Waals surface area contributed by atoms with Crippen molar-refractivity contribution in [1.29, 1.82) is 0 Å². The van der Waals surface area contributed by atoms with Crippen LogP contribution >= 0.6 is 45.2 Å². The van der Waals surface area contributed by atoms with Crippen molar-refractivity contribution >= 4 is 57.4 Å². The molecule has 2 rings (SSSR count). The third kappa shape index (κ3) is 10.3. The van der Waals surface area contributed by atoms with Crippen LogP contribution in [0.25, 0.3) is 11.1 Å². The molecule has 2 aromatic carbocycles. The Labute approximate surface area is 263 Å². The van der Waals surface area contributed by atoms with Gasteiger partial charge in [-0.2, -0.15) is 0 Å². The molecule has 0 heterocycles. The Kier molecular flexibility index (Phi) is 12.3. The summed E-state index contributed by atoms with van der Waals surface area (Å²) in [4.78, 5) is 24.9. The van der Waals surface area contributed by atoms with E-state index >= 15 is 0 Å². The monoisotopic (exact) mass is 772 g/mol. The molecule has 0 fully saturated rings. The summed E-state index contributed by atoms with van der Waals surface area (Å²) >= 11 is 3.98. The minimum Gasteiger partial charge on any atom is -0.497 e. The van der Waals surface area contributed by atoms with E-state index in [-0.39, 0.29) is 13.1 Å². The lowest BCUT2D eigenvalue weighted by Crippen LogP contribution is -2.33. The third-order valence-electron chi connectivity index (χ3n) is 5.09. The fourth-order valence-electron chi connectivity index (χ4n) is 3.73. The van der Waals surface area contributed by atoms with Crippen molar-refractivity contribution in [2.45, 2.75) is 65.8 Å². The molecule has 0 bridgehead atoms. The number of ether oxygens (including phenoxy) is 4. The highest BCUT2D eigenvalue weighted by Gasteiger charge is 2.21. The normalized spacial score (nSPS) is 10.8. The first kappa shape index (κ1) is 33.4. The lowest BCUT2D eigenvalue weighted by Gasteiger charge is -2.22. The highest BCUT2D eigenvalue weighted by molar-refractivity contribution is 14.1. The van der Waals surface area contributed by atoms with Crippen molar-refractivity contribution in [3.63, 3.8) is 0 Å². The number of halogens is 2. The molecule has 0 aliphatic carbocycles. The van der Waals surface area contributed by atoms with E-state index in [1.54, 1.807) is 48.7 Å². The van der Waals surface area contributed by atoms with Crippen LogP contribution in [0.3, 0.4) is 0 Å². The van der Waals surface area contributed by atoms with Gasteiger partial charge in [-0.15, -0.1) is 0 Å². The van der Waals surface area contributed by atoms with E-state index in [2.05, 4.69) is 30.3 Å². The molecule has 0 aliphatic heterocycles. The van der Waals surface area contributed by atoms with Gasteiger partial charge in [-0.05, 0) is 79.2 Å². The smallest absolute Gasteiger partial charge is 0.407 e. The average molecular weight is 772 g/mol. The highest BCUT2D eigenvalue weighted by atomic mass is 127. The second-order valence-corrected chi connectivity index (χ2v) is 11.7. The van der Waals surface area contributed by atoms with Gasteiger partial charge < -0.3 is 29.6 Å². The summed E-state index contributed by atoms with van der Waals surface area (Å²) < 4.78 is 27.9. The van der Waals surface area contributed by atoms with Crippen LogP contribution in [-0.2, 0) is 22.6 Å². The Bertz CT molecular complexity index is 1280. The van der Waals surface area contributed by atoms with Crippen LogP contribution < -0.4 is 20.1 Å². The fraction of sp³-hybridized carbons (Fsp3) is 0.400. The maximum absolute atomic E-state index is 12.5. The maximum Gasteiger partial charge on any atom is 0.407 e. The van der Waals surface area contributed by atoms with Crippen LogP contribution in [0.2, 0.25) is 0 Å². The fourth-order valence-corrected chi connectivity index (χ4v) is 4.31. The number of carbonyl (C=O) groups is 2. The second-order valence-electron chi connectivity index (χ2n) is 10.6. The van der Waals surface area contributed by atoms with Crippen molar-refractivity contribution < 1.29 is 28.5 Å². The molecule has 0 radical (unpaired) electrons. The first-order valence-electron chi connectivity index (χ1n) is 12.3. The lowest BCUT2D eigenvalue weighted by molar-refractivity contribution is 0.0513. The predicted molar refractivity (Wildman–Crippen MR) is 173 cm³/mol. The molecule has 10 heteroatoms. The molecule has 0 aromatic heterocycles. The van der Waals surface area contributed by atoms with Gasteiger partial charge in [-0.3, -0.25) is 0 Å². The number of alkyl carbamates (subject to hydrolysis) is 2. The van der Waals surface area contributed by atoms with Crippen LogP contribution in [0.5, 0.6) is 11.5 Å². The molecule has 40 heavy (non-hydrogen) atoms. The number of rotatable bonds is 7. The highest BCUT2D eigenvalue weighted by Crippen LogP contribution is 2.36. The first-order chi connectivity index (χ1) is 18.7. The number of carbonyl (C=O) groups excluding carboxylic acids is 2. The summed E-state index contributed by atoms with van der Waals surface area (Å²) in [5.74, 6) is 7.42. The molecule has 0 atom stereocenters. The van der Waals surface area contributed by atoms with Gasteiger partial charge in [-0.1, -0.05) is 11.8 Å². The zero-order chi connectivity index (χ0) is 30.1. The summed E-state index contributed by atoms with van der Waals surface area (Å²) in [5.41, 5.74) is 3.02. The molecule has 214 valence electrons. The van der Waals surface area contributed by atoms with E-state index in [0.29, 0.717) is 33.8 Å².